The van der Waals surface area contributed by atoms with Crippen molar-refractivity contribution in [2.45, 2.75) is 32.0 Å². The Bertz CT molecular complexity index is 321. The van der Waals surface area contributed by atoms with E-state index in [1.54, 1.807) is 12.1 Å². The van der Waals surface area contributed by atoms with Crippen LogP contribution in [0.5, 0.6) is 0 Å². The van der Waals surface area contributed by atoms with Crippen LogP contribution in [0.25, 0.3) is 0 Å². The normalized spacial score (nSPS) is 25.6. The van der Waals surface area contributed by atoms with Crippen LogP contribution >= 0.6 is 0 Å². The standard InChI is InChI=1S/C13H17FO2/c1-2-15-12-7-8-16-13(9-12)10-3-5-11(14)6-4-10/h3-6,12-13H,2,7-9H2,1H3. The quantitative estimate of drug-likeness (QED) is 0.785. The molecule has 2 unspecified atom stereocenters. The van der Waals surface area contributed by atoms with Gasteiger partial charge in [-0.2, -0.15) is 0 Å². The number of rotatable bonds is 3. The van der Waals surface area contributed by atoms with Gasteiger partial charge in [-0.3, -0.25) is 0 Å². The highest BCUT2D eigenvalue weighted by atomic mass is 19.1. The summed E-state index contributed by atoms with van der Waals surface area (Å²) < 4.78 is 24.1. The number of halogens is 1. The van der Waals surface area contributed by atoms with E-state index in [9.17, 15) is 4.39 Å². The highest BCUT2D eigenvalue weighted by Gasteiger charge is 2.23. The van der Waals surface area contributed by atoms with Crippen LogP contribution in [0.1, 0.15) is 31.4 Å². The Balaban J connectivity index is 2.01. The van der Waals surface area contributed by atoms with Crippen LogP contribution in [0.2, 0.25) is 0 Å². The molecule has 0 aromatic heterocycles. The maximum absolute atomic E-state index is 12.8. The summed E-state index contributed by atoms with van der Waals surface area (Å²) in [7, 11) is 0. The first kappa shape index (κ1) is 11.6. The lowest BCUT2D eigenvalue weighted by Gasteiger charge is -2.29. The fourth-order valence-corrected chi connectivity index (χ4v) is 2.06. The van der Waals surface area contributed by atoms with E-state index in [-0.39, 0.29) is 18.0 Å². The van der Waals surface area contributed by atoms with Crippen molar-refractivity contribution >= 4 is 0 Å². The van der Waals surface area contributed by atoms with Gasteiger partial charge in [0.2, 0.25) is 0 Å². The van der Waals surface area contributed by atoms with Crippen molar-refractivity contribution in [2.75, 3.05) is 13.2 Å². The Morgan fingerprint density at radius 2 is 2.12 bits per heavy atom. The summed E-state index contributed by atoms with van der Waals surface area (Å²) in [6.07, 6.45) is 2.13. The Hall–Kier alpha value is -0.930. The summed E-state index contributed by atoms with van der Waals surface area (Å²) in [6, 6.07) is 6.52. The lowest BCUT2D eigenvalue weighted by Crippen LogP contribution is -2.26. The predicted molar refractivity (Wildman–Crippen MR) is 59.7 cm³/mol. The molecule has 88 valence electrons. The lowest BCUT2D eigenvalue weighted by molar-refractivity contribution is -0.0711. The van der Waals surface area contributed by atoms with Gasteiger partial charge in [-0.15, -0.1) is 0 Å². The summed E-state index contributed by atoms with van der Waals surface area (Å²) in [5.41, 5.74) is 1.03. The second-order valence-corrected chi connectivity index (χ2v) is 4.01. The van der Waals surface area contributed by atoms with Crippen molar-refractivity contribution in [3.8, 4) is 0 Å². The molecule has 0 bridgehead atoms. The monoisotopic (exact) mass is 224 g/mol. The molecule has 1 fully saturated rings. The molecule has 2 rings (SSSR count). The van der Waals surface area contributed by atoms with E-state index in [2.05, 4.69) is 0 Å². The van der Waals surface area contributed by atoms with Crippen molar-refractivity contribution in [1.82, 2.24) is 0 Å². The first-order chi connectivity index (χ1) is 7.79. The van der Waals surface area contributed by atoms with E-state index in [4.69, 9.17) is 9.47 Å². The smallest absolute Gasteiger partial charge is 0.123 e. The second kappa shape index (κ2) is 5.41. The van der Waals surface area contributed by atoms with Crippen molar-refractivity contribution < 1.29 is 13.9 Å². The fraction of sp³-hybridized carbons (Fsp3) is 0.538. The number of hydrogen-bond donors (Lipinski definition) is 0. The third-order valence-electron chi connectivity index (χ3n) is 2.88. The van der Waals surface area contributed by atoms with Crippen molar-refractivity contribution in [3.05, 3.63) is 35.6 Å². The molecule has 2 nitrogen and oxygen atoms in total. The zero-order valence-electron chi connectivity index (χ0n) is 9.49. The SMILES string of the molecule is CCOC1CCOC(c2ccc(F)cc2)C1. The van der Waals surface area contributed by atoms with Crippen LogP contribution < -0.4 is 0 Å². The van der Waals surface area contributed by atoms with Gasteiger partial charge in [0.1, 0.15) is 5.82 Å². The molecule has 1 aromatic rings. The van der Waals surface area contributed by atoms with Crippen LogP contribution in [0.3, 0.4) is 0 Å². The third kappa shape index (κ3) is 2.80. The molecule has 0 amide bonds. The minimum absolute atomic E-state index is 0.0471. The van der Waals surface area contributed by atoms with Crippen molar-refractivity contribution in [1.29, 1.82) is 0 Å². The molecular formula is C13H17FO2. The minimum Gasteiger partial charge on any atom is -0.378 e. The molecule has 1 aromatic carbocycles. The van der Waals surface area contributed by atoms with Gasteiger partial charge in [0, 0.05) is 19.6 Å². The summed E-state index contributed by atoms with van der Waals surface area (Å²) in [6.45, 7) is 3.45. The zero-order valence-corrected chi connectivity index (χ0v) is 9.49. The molecule has 0 N–H and O–H groups in total. The van der Waals surface area contributed by atoms with Gasteiger partial charge in [0.05, 0.1) is 12.2 Å². The van der Waals surface area contributed by atoms with Gasteiger partial charge in [0.15, 0.2) is 0 Å². The molecule has 0 radical (unpaired) electrons. The second-order valence-electron chi connectivity index (χ2n) is 4.01. The first-order valence-corrected chi connectivity index (χ1v) is 5.78. The van der Waals surface area contributed by atoms with E-state index in [0.717, 1.165) is 25.0 Å². The molecule has 0 spiro atoms. The fourth-order valence-electron chi connectivity index (χ4n) is 2.06. The molecule has 1 aliphatic heterocycles. The van der Waals surface area contributed by atoms with Gasteiger partial charge in [-0.25, -0.2) is 4.39 Å². The Labute approximate surface area is 95.4 Å². The molecule has 16 heavy (non-hydrogen) atoms. The van der Waals surface area contributed by atoms with Crippen molar-refractivity contribution in [2.24, 2.45) is 0 Å². The Morgan fingerprint density at radius 1 is 1.38 bits per heavy atom. The number of hydrogen-bond acceptors (Lipinski definition) is 2. The summed E-state index contributed by atoms with van der Waals surface area (Å²) in [5.74, 6) is -0.207. The lowest BCUT2D eigenvalue weighted by atomic mass is 9.99. The number of benzene rings is 1. The first-order valence-electron chi connectivity index (χ1n) is 5.78. The molecule has 1 saturated heterocycles. The molecule has 1 aliphatic rings. The zero-order chi connectivity index (χ0) is 11.4. The molecule has 0 saturated carbocycles. The van der Waals surface area contributed by atoms with Crippen LogP contribution in [0.15, 0.2) is 24.3 Å². The number of ether oxygens (including phenoxy) is 2. The Kier molecular flexibility index (Phi) is 3.91. The van der Waals surface area contributed by atoms with Gasteiger partial charge in [-0.05, 0) is 31.0 Å². The summed E-state index contributed by atoms with van der Waals surface area (Å²) in [4.78, 5) is 0. The maximum atomic E-state index is 12.8. The molecule has 3 heteroatoms. The van der Waals surface area contributed by atoms with E-state index in [1.165, 1.54) is 12.1 Å². The van der Waals surface area contributed by atoms with Gasteiger partial charge < -0.3 is 9.47 Å². The highest BCUT2D eigenvalue weighted by molar-refractivity contribution is 5.19. The van der Waals surface area contributed by atoms with E-state index >= 15 is 0 Å². The Morgan fingerprint density at radius 3 is 2.81 bits per heavy atom. The largest absolute Gasteiger partial charge is 0.378 e. The summed E-state index contributed by atoms with van der Waals surface area (Å²) in [5, 5.41) is 0. The van der Waals surface area contributed by atoms with Gasteiger partial charge >= 0.3 is 0 Å². The molecule has 0 aliphatic carbocycles. The predicted octanol–water partition coefficient (Wildman–Crippen LogP) is 3.08. The van der Waals surface area contributed by atoms with Crippen LogP contribution in [0, 0.1) is 5.82 Å². The summed E-state index contributed by atoms with van der Waals surface area (Å²) >= 11 is 0. The van der Waals surface area contributed by atoms with Crippen LogP contribution in [0.4, 0.5) is 4.39 Å². The minimum atomic E-state index is -0.207. The van der Waals surface area contributed by atoms with Crippen molar-refractivity contribution in [3.63, 3.8) is 0 Å². The van der Waals surface area contributed by atoms with Crippen LogP contribution in [-0.2, 0) is 9.47 Å². The van der Waals surface area contributed by atoms with Gasteiger partial charge in [-0.1, -0.05) is 12.1 Å². The van der Waals surface area contributed by atoms with E-state index in [0.29, 0.717) is 6.61 Å². The van der Waals surface area contributed by atoms with Gasteiger partial charge in [0.25, 0.3) is 0 Å². The van der Waals surface area contributed by atoms with Crippen LogP contribution in [-0.4, -0.2) is 19.3 Å². The molecule has 2 atom stereocenters. The third-order valence-corrected chi connectivity index (χ3v) is 2.88. The topological polar surface area (TPSA) is 18.5 Å². The average molecular weight is 224 g/mol. The van der Waals surface area contributed by atoms with E-state index < -0.39 is 0 Å². The molecular weight excluding hydrogens is 207 g/mol. The highest BCUT2D eigenvalue weighted by Crippen LogP contribution is 2.29. The average Bonchev–Trinajstić information content (AvgIpc) is 2.31. The van der Waals surface area contributed by atoms with E-state index in [1.807, 2.05) is 6.92 Å². The maximum Gasteiger partial charge on any atom is 0.123 e. The molecule has 1 heterocycles.